The zero-order valence-corrected chi connectivity index (χ0v) is 12.3. The van der Waals surface area contributed by atoms with Gasteiger partial charge in [0.05, 0.1) is 7.11 Å². The molecule has 4 heteroatoms. The summed E-state index contributed by atoms with van der Waals surface area (Å²) in [6.07, 6.45) is 2.18. The fourth-order valence-electron chi connectivity index (χ4n) is 2.70. The van der Waals surface area contributed by atoms with Gasteiger partial charge in [-0.2, -0.15) is 0 Å². The Morgan fingerprint density at radius 3 is 2.90 bits per heavy atom. The second-order valence-electron chi connectivity index (χ2n) is 5.43. The minimum Gasteiger partial charge on any atom is -0.468 e. The maximum atomic E-state index is 11.4. The number of ether oxygens (including phenoxy) is 1. The average molecular weight is 276 g/mol. The highest BCUT2D eigenvalue weighted by atomic mass is 16.5. The zero-order valence-electron chi connectivity index (χ0n) is 12.3. The summed E-state index contributed by atoms with van der Waals surface area (Å²) in [4.78, 5) is 13.8. The van der Waals surface area contributed by atoms with Crippen LogP contribution in [0.2, 0.25) is 0 Å². The van der Waals surface area contributed by atoms with Gasteiger partial charge in [0.25, 0.3) is 0 Å². The van der Waals surface area contributed by atoms with Crippen molar-refractivity contribution in [2.45, 2.75) is 31.8 Å². The number of rotatable bonds is 6. The Kier molecular flexibility index (Phi) is 5.56. The maximum absolute atomic E-state index is 11.4. The van der Waals surface area contributed by atoms with Crippen LogP contribution in [-0.2, 0) is 16.0 Å². The van der Waals surface area contributed by atoms with Crippen molar-refractivity contribution in [1.29, 1.82) is 0 Å². The number of carbonyl (C=O) groups excluding carboxylic acids is 1. The van der Waals surface area contributed by atoms with E-state index in [1.54, 1.807) is 0 Å². The number of hydrogen-bond donors (Lipinski definition) is 1. The van der Waals surface area contributed by atoms with Gasteiger partial charge in [-0.3, -0.25) is 4.79 Å². The molecule has 4 nitrogen and oxygen atoms in total. The van der Waals surface area contributed by atoms with Gasteiger partial charge in [0.2, 0.25) is 0 Å². The SMILES string of the molecule is COC(=O)[C@H](C)NC1CCN(CCc2ccccc2)C1. The van der Waals surface area contributed by atoms with Crippen LogP contribution in [-0.4, -0.2) is 49.7 Å². The smallest absolute Gasteiger partial charge is 0.322 e. The van der Waals surface area contributed by atoms with Crippen LogP contribution in [0, 0.1) is 0 Å². The van der Waals surface area contributed by atoms with Crippen molar-refractivity contribution in [1.82, 2.24) is 10.2 Å². The lowest BCUT2D eigenvalue weighted by Gasteiger charge is -2.19. The Hall–Kier alpha value is -1.39. The molecule has 0 bridgehead atoms. The van der Waals surface area contributed by atoms with Gasteiger partial charge < -0.3 is 15.0 Å². The van der Waals surface area contributed by atoms with Gasteiger partial charge >= 0.3 is 5.97 Å². The molecule has 1 fully saturated rings. The minimum absolute atomic E-state index is 0.187. The molecule has 2 atom stereocenters. The largest absolute Gasteiger partial charge is 0.468 e. The molecule has 0 saturated carbocycles. The number of esters is 1. The number of carbonyl (C=O) groups is 1. The third-order valence-corrected chi connectivity index (χ3v) is 3.87. The summed E-state index contributed by atoms with van der Waals surface area (Å²) in [6.45, 7) is 5.04. The molecule has 20 heavy (non-hydrogen) atoms. The van der Waals surface area contributed by atoms with Crippen LogP contribution in [0.15, 0.2) is 30.3 Å². The van der Waals surface area contributed by atoms with Crippen molar-refractivity contribution in [3.05, 3.63) is 35.9 Å². The molecule has 2 rings (SSSR count). The lowest BCUT2D eigenvalue weighted by atomic mass is 10.1. The van der Waals surface area contributed by atoms with E-state index in [2.05, 4.69) is 34.5 Å². The van der Waals surface area contributed by atoms with E-state index < -0.39 is 0 Å². The molecule has 1 N–H and O–H groups in total. The van der Waals surface area contributed by atoms with Crippen molar-refractivity contribution >= 4 is 5.97 Å². The molecule has 1 saturated heterocycles. The van der Waals surface area contributed by atoms with E-state index >= 15 is 0 Å². The molecular formula is C16H24N2O2. The van der Waals surface area contributed by atoms with Gasteiger partial charge in [-0.15, -0.1) is 0 Å². The monoisotopic (exact) mass is 276 g/mol. The molecule has 0 aliphatic carbocycles. The summed E-state index contributed by atoms with van der Waals surface area (Å²) in [6, 6.07) is 10.7. The van der Waals surface area contributed by atoms with Crippen molar-refractivity contribution in [2.75, 3.05) is 26.7 Å². The van der Waals surface area contributed by atoms with Crippen LogP contribution in [0.4, 0.5) is 0 Å². The highest BCUT2D eigenvalue weighted by Gasteiger charge is 2.25. The molecule has 0 amide bonds. The molecule has 0 spiro atoms. The Bertz CT molecular complexity index is 422. The van der Waals surface area contributed by atoms with Gasteiger partial charge in [-0.25, -0.2) is 0 Å². The third kappa shape index (κ3) is 4.32. The molecule has 1 aliphatic rings. The van der Waals surface area contributed by atoms with Gasteiger partial charge in [0, 0.05) is 19.1 Å². The summed E-state index contributed by atoms with van der Waals surface area (Å²) in [7, 11) is 1.43. The molecular weight excluding hydrogens is 252 g/mol. The second kappa shape index (κ2) is 7.41. The molecule has 1 aromatic carbocycles. The van der Waals surface area contributed by atoms with Crippen LogP contribution in [0.3, 0.4) is 0 Å². The molecule has 1 aliphatic heterocycles. The molecule has 1 heterocycles. The first-order valence-electron chi connectivity index (χ1n) is 7.29. The number of nitrogens with zero attached hydrogens (tertiary/aromatic N) is 1. The van der Waals surface area contributed by atoms with E-state index in [1.807, 2.05) is 13.0 Å². The summed E-state index contributed by atoms with van der Waals surface area (Å²) < 4.78 is 4.74. The first kappa shape index (κ1) is 15.0. The average Bonchev–Trinajstić information content (AvgIpc) is 2.92. The fourth-order valence-corrected chi connectivity index (χ4v) is 2.70. The molecule has 110 valence electrons. The van der Waals surface area contributed by atoms with Crippen LogP contribution in [0.5, 0.6) is 0 Å². The van der Waals surface area contributed by atoms with Gasteiger partial charge in [-0.05, 0) is 31.9 Å². The van der Waals surface area contributed by atoms with Crippen LogP contribution in [0.1, 0.15) is 18.9 Å². The highest BCUT2D eigenvalue weighted by molar-refractivity contribution is 5.75. The van der Waals surface area contributed by atoms with E-state index in [4.69, 9.17) is 4.74 Å². The Morgan fingerprint density at radius 1 is 1.45 bits per heavy atom. The van der Waals surface area contributed by atoms with Crippen LogP contribution < -0.4 is 5.32 Å². The predicted octanol–water partition coefficient (Wildman–Crippen LogP) is 1.45. The topological polar surface area (TPSA) is 41.6 Å². The number of methoxy groups -OCH3 is 1. The number of nitrogens with one attached hydrogen (secondary N) is 1. The van der Waals surface area contributed by atoms with Crippen LogP contribution in [0.25, 0.3) is 0 Å². The first-order chi connectivity index (χ1) is 9.69. The standard InChI is InChI=1S/C16H24N2O2/c1-13(16(19)20-2)17-15-9-11-18(12-15)10-8-14-6-4-3-5-7-14/h3-7,13,15,17H,8-12H2,1-2H3/t13-,15?/m0/s1. The number of hydrogen-bond acceptors (Lipinski definition) is 4. The predicted molar refractivity (Wildman–Crippen MR) is 79.6 cm³/mol. The van der Waals surface area contributed by atoms with Gasteiger partial charge in [0.1, 0.15) is 6.04 Å². The third-order valence-electron chi connectivity index (χ3n) is 3.87. The summed E-state index contributed by atoms with van der Waals surface area (Å²) in [5, 5.41) is 3.34. The van der Waals surface area contributed by atoms with Crippen LogP contribution >= 0.6 is 0 Å². The Balaban J connectivity index is 1.71. The molecule has 0 radical (unpaired) electrons. The van der Waals surface area contributed by atoms with E-state index in [-0.39, 0.29) is 12.0 Å². The number of benzene rings is 1. The van der Waals surface area contributed by atoms with Crippen molar-refractivity contribution in [2.24, 2.45) is 0 Å². The Morgan fingerprint density at radius 2 is 2.20 bits per heavy atom. The van der Waals surface area contributed by atoms with Crippen molar-refractivity contribution in [3.63, 3.8) is 0 Å². The summed E-state index contributed by atoms with van der Waals surface area (Å²) in [5.41, 5.74) is 1.38. The zero-order chi connectivity index (χ0) is 14.4. The van der Waals surface area contributed by atoms with Crippen molar-refractivity contribution < 1.29 is 9.53 Å². The summed E-state index contributed by atoms with van der Waals surface area (Å²) in [5.74, 6) is -0.187. The van der Waals surface area contributed by atoms with Crippen molar-refractivity contribution in [3.8, 4) is 0 Å². The molecule has 0 aromatic heterocycles. The maximum Gasteiger partial charge on any atom is 0.322 e. The fraction of sp³-hybridized carbons (Fsp3) is 0.562. The Labute approximate surface area is 121 Å². The minimum atomic E-state index is -0.223. The normalized spacial score (nSPS) is 20.8. The van der Waals surface area contributed by atoms with E-state index in [9.17, 15) is 4.79 Å². The van der Waals surface area contributed by atoms with Gasteiger partial charge in [-0.1, -0.05) is 30.3 Å². The highest BCUT2D eigenvalue weighted by Crippen LogP contribution is 2.11. The molecule has 1 aromatic rings. The quantitative estimate of drug-likeness (QED) is 0.799. The number of likely N-dealkylation sites (tertiary alicyclic amines) is 1. The first-order valence-corrected chi connectivity index (χ1v) is 7.29. The van der Waals surface area contributed by atoms with Gasteiger partial charge in [0.15, 0.2) is 0 Å². The molecule has 1 unspecified atom stereocenters. The van der Waals surface area contributed by atoms with E-state index in [0.717, 1.165) is 32.5 Å². The lowest BCUT2D eigenvalue weighted by Crippen LogP contribution is -2.43. The van der Waals surface area contributed by atoms with E-state index in [0.29, 0.717) is 6.04 Å². The lowest BCUT2D eigenvalue weighted by molar-refractivity contribution is -0.142. The summed E-state index contributed by atoms with van der Waals surface area (Å²) >= 11 is 0. The van der Waals surface area contributed by atoms with E-state index in [1.165, 1.54) is 12.7 Å². The second-order valence-corrected chi connectivity index (χ2v) is 5.43.